The fraction of sp³-hybridized carbons (Fsp3) is 0.167. The van der Waals surface area contributed by atoms with Crippen LogP contribution in [0, 0.1) is 6.92 Å². The van der Waals surface area contributed by atoms with Gasteiger partial charge in [-0.3, -0.25) is 9.82 Å². The predicted octanol–water partition coefficient (Wildman–Crippen LogP) is 3.28. The molecule has 1 aromatic carbocycles. The predicted molar refractivity (Wildman–Crippen MR) is 105 cm³/mol. The van der Waals surface area contributed by atoms with Gasteiger partial charge in [-0.05, 0) is 31.2 Å². The van der Waals surface area contributed by atoms with E-state index in [1.54, 1.807) is 19.1 Å². The maximum absolute atomic E-state index is 13.0. The van der Waals surface area contributed by atoms with Gasteiger partial charge in [0.15, 0.2) is 5.82 Å². The number of aromatic amines is 1. The van der Waals surface area contributed by atoms with E-state index in [0.717, 1.165) is 35.4 Å². The third-order valence-corrected chi connectivity index (χ3v) is 5.80. The van der Waals surface area contributed by atoms with Gasteiger partial charge in [-0.2, -0.15) is 23.4 Å². The number of nitrogens with one attached hydrogen (secondary N) is 2. The lowest BCUT2D eigenvalue weighted by atomic mass is 10.1. The molecule has 9 nitrogen and oxygen atoms in total. The molecule has 0 unspecified atom stereocenters. The van der Waals surface area contributed by atoms with E-state index in [-0.39, 0.29) is 22.2 Å². The maximum Gasteiger partial charge on any atom is 0.416 e. The molecule has 31 heavy (non-hydrogen) atoms. The number of pyridine rings is 1. The Morgan fingerprint density at radius 3 is 2.71 bits per heavy atom. The van der Waals surface area contributed by atoms with Gasteiger partial charge >= 0.3 is 6.18 Å². The summed E-state index contributed by atoms with van der Waals surface area (Å²) in [6, 6.07) is 4.82. The Labute approximate surface area is 173 Å². The third kappa shape index (κ3) is 3.79. The molecule has 0 radical (unpaired) electrons. The van der Waals surface area contributed by atoms with Crippen LogP contribution in [0.15, 0.2) is 47.8 Å². The number of rotatable bonds is 5. The van der Waals surface area contributed by atoms with Crippen LogP contribution in [-0.4, -0.2) is 40.5 Å². The molecule has 3 aromatic heterocycles. The number of anilines is 1. The number of alkyl halides is 3. The van der Waals surface area contributed by atoms with E-state index in [0.29, 0.717) is 16.6 Å². The molecule has 2 N–H and O–H groups in total. The van der Waals surface area contributed by atoms with E-state index in [2.05, 4.69) is 25.0 Å². The van der Waals surface area contributed by atoms with Crippen molar-refractivity contribution in [3.8, 4) is 11.6 Å². The van der Waals surface area contributed by atoms with Crippen molar-refractivity contribution in [2.45, 2.75) is 18.0 Å². The van der Waals surface area contributed by atoms with Gasteiger partial charge in [0, 0.05) is 11.9 Å². The van der Waals surface area contributed by atoms with Crippen molar-refractivity contribution < 1.29 is 26.3 Å². The molecule has 0 bridgehead atoms. The highest BCUT2D eigenvalue weighted by Gasteiger charge is 2.31. The minimum Gasteiger partial charge on any atom is -0.495 e. The van der Waals surface area contributed by atoms with Gasteiger partial charge in [0.25, 0.3) is 10.0 Å². The van der Waals surface area contributed by atoms with E-state index < -0.39 is 21.8 Å². The molecule has 0 aliphatic heterocycles. The van der Waals surface area contributed by atoms with E-state index >= 15 is 0 Å². The molecule has 0 atom stereocenters. The maximum atomic E-state index is 13.0. The molecular weight excluding hydrogens is 437 g/mol. The molecule has 0 saturated heterocycles. The van der Waals surface area contributed by atoms with Gasteiger partial charge < -0.3 is 4.74 Å². The van der Waals surface area contributed by atoms with E-state index in [1.165, 1.54) is 7.11 Å². The molecule has 0 aliphatic carbocycles. The van der Waals surface area contributed by atoms with E-state index in [9.17, 15) is 21.6 Å². The first-order chi connectivity index (χ1) is 14.6. The average Bonchev–Trinajstić information content (AvgIpc) is 3.36. The Morgan fingerprint density at radius 1 is 1.23 bits per heavy atom. The van der Waals surface area contributed by atoms with Crippen molar-refractivity contribution in [3.05, 3.63) is 54.1 Å². The number of hydrogen-bond acceptors (Lipinski definition) is 6. The van der Waals surface area contributed by atoms with Crippen LogP contribution in [0.1, 0.15) is 11.3 Å². The Kier molecular flexibility index (Phi) is 4.84. The lowest BCUT2D eigenvalue weighted by Crippen LogP contribution is -2.13. The number of benzene rings is 1. The van der Waals surface area contributed by atoms with Crippen LogP contribution in [0.4, 0.5) is 18.9 Å². The summed E-state index contributed by atoms with van der Waals surface area (Å²) in [5, 5.41) is 11.2. The average molecular weight is 452 g/mol. The Bertz CT molecular complexity index is 1380. The zero-order valence-corrected chi connectivity index (χ0v) is 16.9. The zero-order valence-electron chi connectivity index (χ0n) is 16.1. The number of ether oxygens (including phenoxy) is 1. The smallest absolute Gasteiger partial charge is 0.416 e. The number of sulfonamides is 1. The second kappa shape index (κ2) is 7.27. The summed E-state index contributed by atoms with van der Waals surface area (Å²) in [5.74, 6) is 0.0918. The summed E-state index contributed by atoms with van der Waals surface area (Å²) in [4.78, 5) is 3.56. The van der Waals surface area contributed by atoms with Crippen molar-refractivity contribution in [2.24, 2.45) is 0 Å². The Balaban J connectivity index is 1.72. The first kappa shape index (κ1) is 20.7. The largest absolute Gasteiger partial charge is 0.495 e. The van der Waals surface area contributed by atoms with Crippen molar-refractivity contribution >= 4 is 26.6 Å². The van der Waals surface area contributed by atoms with E-state index in [4.69, 9.17) is 4.74 Å². The van der Waals surface area contributed by atoms with Crippen LogP contribution in [-0.2, 0) is 16.2 Å². The molecule has 162 valence electrons. The van der Waals surface area contributed by atoms with Gasteiger partial charge in [0.05, 0.1) is 36.0 Å². The summed E-state index contributed by atoms with van der Waals surface area (Å²) in [6.07, 6.45) is -1.52. The molecule has 4 rings (SSSR count). The van der Waals surface area contributed by atoms with Gasteiger partial charge in [-0.1, -0.05) is 0 Å². The monoisotopic (exact) mass is 452 g/mol. The molecule has 3 heterocycles. The number of fused-ring (bicyclic) bond motifs is 1. The van der Waals surface area contributed by atoms with Gasteiger partial charge in [0.1, 0.15) is 16.3 Å². The van der Waals surface area contributed by atoms with Gasteiger partial charge in [0.2, 0.25) is 0 Å². The highest BCUT2D eigenvalue weighted by atomic mass is 32.2. The number of aryl methyl sites for hydroxylation is 1. The van der Waals surface area contributed by atoms with Crippen LogP contribution in [0.5, 0.6) is 5.75 Å². The number of hydrogen-bond donors (Lipinski definition) is 2. The molecular formula is C18H15F3N6O3S. The van der Waals surface area contributed by atoms with Crippen LogP contribution >= 0.6 is 0 Å². The highest BCUT2D eigenvalue weighted by Crippen LogP contribution is 2.36. The first-order valence-corrected chi connectivity index (χ1v) is 10.2. The topological polar surface area (TPSA) is 115 Å². The van der Waals surface area contributed by atoms with Crippen LogP contribution < -0.4 is 9.46 Å². The lowest BCUT2D eigenvalue weighted by molar-refractivity contribution is -0.137. The minimum atomic E-state index is -4.57. The third-order valence-electron chi connectivity index (χ3n) is 4.50. The number of H-pyrrole nitrogens is 1. The Morgan fingerprint density at radius 2 is 2.00 bits per heavy atom. The number of halogens is 3. The summed E-state index contributed by atoms with van der Waals surface area (Å²) in [5.41, 5.74) is 0.397. The molecule has 4 aromatic rings. The fourth-order valence-electron chi connectivity index (χ4n) is 3.00. The second-order valence-corrected chi connectivity index (χ2v) is 8.19. The summed E-state index contributed by atoms with van der Waals surface area (Å²) < 4.78 is 73.4. The molecule has 13 heteroatoms. The zero-order chi connectivity index (χ0) is 22.4. The van der Waals surface area contributed by atoms with Crippen LogP contribution in [0.2, 0.25) is 0 Å². The summed E-state index contributed by atoms with van der Waals surface area (Å²) in [7, 11) is -2.77. The minimum absolute atomic E-state index is 0.177. The normalized spacial score (nSPS) is 12.3. The number of methoxy groups -OCH3 is 1. The molecule has 0 aliphatic rings. The van der Waals surface area contributed by atoms with Crippen molar-refractivity contribution in [2.75, 3.05) is 11.8 Å². The van der Waals surface area contributed by atoms with E-state index in [1.807, 2.05) is 0 Å². The molecule has 0 amide bonds. The van der Waals surface area contributed by atoms with Crippen molar-refractivity contribution in [1.82, 2.24) is 25.0 Å². The van der Waals surface area contributed by atoms with Crippen LogP contribution in [0.25, 0.3) is 16.7 Å². The molecule has 0 fully saturated rings. The van der Waals surface area contributed by atoms with Gasteiger partial charge in [-0.25, -0.2) is 18.1 Å². The molecule has 0 spiro atoms. The highest BCUT2D eigenvalue weighted by molar-refractivity contribution is 7.92. The SMILES string of the molecule is COc1ccc2n[nH]c(C)c2c1NS(=O)(=O)c1cnn(-c2cc(C(F)(F)F)ccn2)c1. The molecule has 0 saturated carbocycles. The second-order valence-electron chi connectivity index (χ2n) is 6.51. The standard InChI is InChI=1S/C18H15F3N6O3S/c1-10-16-13(25-24-10)3-4-14(30-2)17(16)26-31(28,29)12-8-23-27(9-12)15-7-11(5-6-22-15)18(19,20)21/h3-9,26H,1-2H3,(H,24,25). The Hall–Kier alpha value is -3.61. The van der Waals surface area contributed by atoms with Gasteiger partial charge in [-0.15, -0.1) is 0 Å². The quantitative estimate of drug-likeness (QED) is 0.480. The van der Waals surface area contributed by atoms with Crippen molar-refractivity contribution in [1.29, 1.82) is 0 Å². The number of aromatic nitrogens is 5. The lowest BCUT2D eigenvalue weighted by Gasteiger charge is -2.12. The van der Waals surface area contributed by atoms with Crippen LogP contribution in [0.3, 0.4) is 0 Å². The van der Waals surface area contributed by atoms with Crippen molar-refractivity contribution in [3.63, 3.8) is 0 Å². The number of nitrogens with zero attached hydrogens (tertiary/aromatic N) is 4. The summed E-state index contributed by atoms with van der Waals surface area (Å²) >= 11 is 0. The summed E-state index contributed by atoms with van der Waals surface area (Å²) in [6.45, 7) is 1.73. The first-order valence-electron chi connectivity index (χ1n) is 8.73. The fourth-order valence-corrected chi connectivity index (χ4v) is 4.01.